The highest BCUT2D eigenvalue weighted by molar-refractivity contribution is 9.10. The van der Waals surface area contributed by atoms with Gasteiger partial charge in [-0.2, -0.15) is 5.10 Å². The second-order valence-electron chi connectivity index (χ2n) is 5.66. The molecule has 1 amide bonds. The number of hydrogen-bond donors (Lipinski definition) is 2. The van der Waals surface area contributed by atoms with Crippen LogP contribution < -0.4 is 10.2 Å². The van der Waals surface area contributed by atoms with Crippen molar-refractivity contribution in [2.45, 2.75) is 0 Å². The van der Waals surface area contributed by atoms with Gasteiger partial charge in [0, 0.05) is 22.2 Å². The van der Waals surface area contributed by atoms with Crippen molar-refractivity contribution in [2.24, 2.45) is 5.10 Å². The molecule has 29 heavy (non-hydrogen) atoms. The molecule has 0 aliphatic heterocycles. The topological polar surface area (TPSA) is 131 Å². The molecule has 2 aromatic carbocycles. The van der Waals surface area contributed by atoms with Crippen LogP contribution in [0.25, 0.3) is 10.1 Å². The SMILES string of the molecule is O=C(O)COc1ccc(/C=N\NC(=O)c2cc3cc([N+](=O)[O-])ccc3s2)cc1Br. The molecule has 1 aromatic heterocycles. The Balaban J connectivity index is 1.66. The molecule has 9 nitrogen and oxygen atoms in total. The van der Waals surface area contributed by atoms with Crippen LogP contribution in [0.4, 0.5) is 5.69 Å². The summed E-state index contributed by atoms with van der Waals surface area (Å²) >= 11 is 4.48. The Kier molecular flexibility index (Phi) is 6.20. The van der Waals surface area contributed by atoms with Gasteiger partial charge in [0.15, 0.2) is 6.61 Å². The Bertz CT molecular complexity index is 1140. The van der Waals surface area contributed by atoms with Crippen molar-refractivity contribution in [3.8, 4) is 5.75 Å². The third kappa shape index (κ3) is 5.15. The number of non-ortho nitro benzene ring substituents is 1. The van der Waals surface area contributed by atoms with Gasteiger partial charge in [-0.25, -0.2) is 10.2 Å². The minimum absolute atomic E-state index is 0.0402. The molecule has 0 spiro atoms. The minimum Gasteiger partial charge on any atom is -0.481 e. The maximum absolute atomic E-state index is 12.3. The highest BCUT2D eigenvalue weighted by Gasteiger charge is 2.13. The number of nitrogens with zero attached hydrogens (tertiary/aromatic N) is 2. The van der Waals surface area contributed by atoms with Crippen molar-refractivity contribution in [1.82, 2.24) is 5.43 Å². The van der Waals surface area contributed by atoms with Gasteiger partial charge in [0.2, 0.25) is 0 Å². The number of carbonyl (C=O) groups excluding carboxylic acids is 1. The lowest BCUT2D eigenvalue weighted by Gasteiger charge is -2.06. The Hall–Kier alpha value is -3.31. The summed E-state index contributed by atoms with van der Waals surface area (Å²) < 4.78 is 6.40. The molecule has 0 unspecified atom stereocenters. The first-order chi connectivity index (χ1) is 13.8. The fourth-order valence-corrected chi connectivity index (χ4v) is 3.77. The third-order valence-corrected chi connectivity index (χ3v) is 5.36. The van der Waals surface area contributed by atoms with Crippen LogP contribution in [0.2, 0.25) is 0 Å². The third-order valence-electron chi connectivity index (χ3n) is 3.62. The number of fused-ring (bicyclic) bond motifs is 1. The van der Waals surface area contributed by atoms with Crippen LogP contribution in [0, 0.1) is 10.1 Å². The molecule has 1 heterocycles. The molecule has 0 bridgehead atoms. The highest BCUT2D eigenvalue weighted by atomic mass is 79.9. The number of nitro benzene ring substituents is 1. The molecule has 0 saturated carbocycles. The summed E-state index contributed by atoms with van der Waals surface area (Å²) in [5.74, 6) is -1.15. The molecule has 0 aliphatic rings. The lowest BCUT2D eigenvalue weighted by molar-refractivity contribution is -0.384. The lowest BCUT2D eigenvalue weighted by atomic mass is 10.2. The number of carboxylic acid groups (broad SMARTS) is 1. The van der Waals surface area contributed by atoms with Gasteiger partial charge in [-0.3, -0.25) is 14.9 Å². The standard InChI is InChI=1S/C18H12BrN3O6S/c19-13-5-10(1-3-14(13)28-9-17(23)24)8-20-21-18(25)16-7-11-6-12(22(26)27)2-4-15(11)29-16/h1-8H,9H2,(H,21,25)(H,23,24)/b20-8-. The minimum atomic E-state index is -1.08. The molecule has 0 aliphatic carbocycles. The van der Waals surface area contributed by atoms with Crippen LogP contribution in [0.1, 0.15) is 15.2 Å². The average molecular weight is 478 g/mol. The van der Waals surface area contributed by atoms with Crippen molar-refractivity contribution in [1.29, 1.82) is 0 Å². The summed E-state index contributed by atoms with van der Waals surface area (Å²) in [4.78, 5) is 33.5. The number of hydrazone groups is 1. The fraction of sp³-hybridized carbons (Fsp3) is 0.0556. The molecule has 0 radical (unpaired) electrons. The quantitative estimate of drug-likeness (QED) is 0.302. The second kappa shape index (κ2) is 8.80. The molecule has 3 rings (SSSR count). The van der Waals surface area contributed by atoms with E-state index >= 15 is 0 Å². The van der Waals surface area contributed by atoms with E-state index in [9.17, 15) is 19.7 Å². The lowest BCUT2D eigenvalue weighted by Crippen LogP contribution is -2.16. The maximum Gasteiger partial charge on any atom is 0.341 e. The normalized spacial score (nSPS) is 10.9. The van der Waals surface area contributed by atoms with Crippen LogP contribution in [0.5, 0.6) is 5.75 Å². The van der Waals surface area contributed by atoms with Crippen LogP contribution in [0.3, 0.4) is 0 Å². The second-order valence-corrected chi connectivity index (χ2v) is 7.60. The molecule has 3 aromatic rings. The number of nitrogens with one attached hydrogen (secondary N) is 1. The first-order valence-electron chi connectivity index (χ1n) is 7.99. The number of nitro groups is 1. The van der Waals surface area contributed by atoms with E-state index in [2.05, 4.69) is 26.5 Å². The van der Waals surface area contributed by atoms with Gasteiger partial charge in [0.1, 0.15) is 5.75 Å². The van der Waals surface area contributed by atoms with Gasteiger partial charge in [0.05, 0.1) is 20.5 Å². The summed E-state index contributed by atoms with van der Waals surface area (Å²) in [5, 5.41) is 24.0. The maximum atomic E-state index is 12.3. The van der Waals surface area contributed by atoms with Gasteiger partial charge in [-0.05, 0) is 51.8 Å². The predicted molar refractivity (Wildman–Crippen MR) is 111 cm³/mol. The monoisotopic (exact) mass is 477 g/mol. The van der Waals surface area contributed by atoms with Crippen LogP contribution in [-0.2, 0) is 4.79 Å². The molecule has 0 saturated heterocycles. The number of hydrogen-bond acceptors (Lipinski definition) is 7. The Morgan fingerprint density at radius 1 is 1.28 bits per heavy atom. The zero-order valence-corrected chi connectivity index (χ0v) is 16.9. The van der Waals surface area contributed by atoms with Gasteiger partial charge in [-0.15, -0.1) is 11.3 Å². The number of ether oxygens (including phenoxy) is 1. The largest absolute Gasteiger partial charge is 0.481 e. The van der Waals surface area contributed by atoms with E-state index in [1.807, 2.05) is 0 Å². The Morgan fingerprint density at radius 3 is 2.76 bits per heavy atom. The zero-order chi connectivity index (χ0) is 21.0. The van der Waals surface area contributed by atoms with Crippen LogP contribution in [0.15, 0.2) is 52.0 Å². The Labute approximate surface area is 175 Å². The van der Waals surface area contributed by atoms with Gasteiger partial charge in [0.25, 0.3) is 11.6 Å². The zero-order valence-electron chi connectivity index (χ0n) is 14.5. The molecule has 148 valence electrons. The molecule has 0 fully saturated rings. The van der Waals surface area contributed by atoms with Crippen molar-refractivity contribution in [3.05, 3.63) is 67.5 Å². The van der Waals surface area contributed by atoms with Crippen molar-refractivity contribution < 1.29 is 24.4 Å². The van der Waals surface area contributed by atoms with E-state index in [0.717, 1.165) is 4.70 Å². The van der Waals surface area contributed by atoms with E-state index in [1.165, 1.54) is 29.7 Å². The van der Waals surface area contributed by atoms with E-state index in [4.69, 9.17) is 9.84 Å². The van der Waals surface area contributed by atoms with E-state index in [0.29, 0.717) is 26.0 Å². The summed E-state index contributed by atoms with van der Waals surface area (Å²) in [5.41, 5.74) is 3.01. The number of benzene rings is 2. The molecule has 0 atom stereocenters. The van der Waals surface area contributed by atoms with Gasteiger partial charge in [-0.1, -0.05) is 0 Å². The van der Waals surface area contributed by atoms with Crippen molar-refractivity contribution >= 4 is 61.1 Å². The molecular formula is C18H12BrN3O6S. The van der Waals surface area contributed by atoms with E-state index in [-0.39, 0.29) is 5.69 Å². The summed E-state index contributed by atoms with van der Waals surface area (Å²) in [6.07, 6.45) is 1.42. The predicted octanol–water partition coefficient (Wildman–Crippen LogP) is 3.80. The summed E-state index contributed by atoms with van der Waals surface area (Å²) in [7, 11) is 0. The van der Waals surface area contributed by atoms with Crippen LogP contribution >= 0.6 is 27.3 Å². The number of amides is 1. The summed E-state index contributed by atoms with van der Waals surface area (Å²) in [6, 6.07) is 10.9. The molecule has 2 N–H and O–H groups in total. The number of aliphatic carboxylic acids is 1. The van der Waals surface area contributed by atoms with Crippen LogP contribution in [-0.4, -0.2) is 34.7 Å². The molecular weight excluding hydrogens is 466 g/mol. The number of carbonyl (C=O) groups is 2. The number of rotatable bonds is 7. The van der Waals surface area contributed by atoms with Gasteiger partial charge >= 0.3 is 5.97 Å². The van der Waals surface area contributed by atoms with E-state index < -0.39 is 23.4 Å². The number of thiophene rings is 1. The first-order valence-corrected chi connectivity index (χ1v) is 9.60. The van der Waals surface area contributed by atoms with E-state index in [1.54, 1.807) is 30.3 Å². The van der Waals surface area contributed by atoms with Gasteiger partial charge < -0.3 is 9.84 Å². The highest BCUT2D eigenvalue weighted by Crippen LogP contribution is 2.29. The number of carboxylic acids is 1. The van der Waals surface area contributed by atoms with Crippen molar-refractivity contribution in [3.63, 3.8) is 0 Å². The first kappa shape index (κ1) is 20.4. The Morgan fingerprint density at radius 2 is 2.07 bits per heavy atom. The fourth-order valence-electron chi connectivity index (χ4n) is 2.33. The van der Waals surface area contributed by atoms with Crippen molar-refractivity contribution in [2.75, 3.05) is 6.61 Å². The molecule has 11 heteroatoms. The smallest absolute Gasteiger partial charge is 0.341 e. The average Bonchev–Trinajstić information content (AvgIpc) is 3.10. The number of halogens is 1. The summed E-state index contributed by atoms with van der Waals surface area (Å²) in [6.45, 7) is -0.458.